The topological polar surface area (TPSA) is 86.3 Å². The van der Waals surface area contributed by atoms with Crippen LogP contribution in [-0.2, 0) is 15.9 Å². The summed E-state index contributed by atoms with van der Waals surface area (Å²) in [6.45, 7) is 4.48. The fourth-order valence-corrected chi connectivity index (χ4v) is 3.31. The van der Waals surface area contributed by atoms with E-state index in [1.54, 1.807) is 25.1 Å². The molecule has 0 aromatic heterocycles. The van der Waals surface area contributed by atoms with Crippen LogP contribution in [-0.4, -0.2) is 43.4 Å². The molecule has 0 spiro atoms. The maximum Gasteiger partial charge on any atom is 0.511 e. The lowest BCUT2D eigenvalue weighted by molar-refractivity contribution is -0.0962. The zero-order valence-electron chi connectivity index (χ0n) is 17.0. The number of ether oxygens (including phenoxy) is 4. The largest absolute Gasteiger partial charge is 0.511 e. The molecule has 1 aliphatic rings. The van der Waals surface area contributed by atoms with E-state index < -0.39 is 18.5 Å². The van der Waals surface area contributed by atoms with E-state index in [1.165, 1.54) is 0 Å². The zero-order chi connectivity index (χ0) is 21.5. The highest BCUT2D eigenvalue weighted by Crippen LogP contribution is 2.33. The minimum Gasteiger partial charge on any atom is -0.482 e. The average Bonchev–Trinajstić information content (AvgIpc) is 2.72. The van der Waals surface area contributed by atoms with E-state index in [0.717, 1.165) is 17.5 Å². The van der Waals surface area contributed by atoms with Gasteiger partial charge in [-0.2, -0.15) is 0 Å². The van der Waals surface area contributed by atoms with Crippen molar-refractivity contribution in [3.05, 3.63) is 58.6 Å². The number of benzene rings is 2. The molecule has 1 heterocycles. The van der Waals surface area contributed by atoms with Crippen molar-refractivity contribution < 1.29 is 28.8 Å². The molecule has 0 bridgehead atoms. The standard InChI is InChI=1S/C22H26ClNO6/c1-3-27-22(26)30-21-13-28-20-10-15(7-8-19(20)29-21)9-14(2)24-12-18(25)16-5-4-6-17(23)11-16/h4-8,10-11,14,18,21,24-25H,3,9,12-13H2,1-2H3/t14-,18?,21+/m0/s1. The first kappa shape index (κ1) is 22.2. The van der Waals surface area contributed by atoms with Gasteiger partial charge in [0.05, 0.1) is 12.7 Å². The van der Waals surface area contributed by atoms with Crippen LogP contribution in [0.2, 0.25) is 5.02 Å². The highest BCUT2D eigenvalue weighted by Gasteiger charge is 2.25. The molecule has 162 valence electrons. The Balaban J connectivity index is 1.50. The van der Waals surface area contributed by atoms with Crippen molar-refractivity contribution in [3.8, 4) is 11.5 Å². The quantitative estimate of drug-likeness (QED) is 0.609. The molecule has 2 N–H and O–H groups in total. The van der Waals surface area contributed by atoms with Gasteiger partial charge in [0.15, 0.2) is 18.1 Å². The monoisotopic (exact) mass is 435 g/mol. The molecule has 0 saturated carbocycles. The Morgan fingerprint density at radius 3 is 2.90 bits per heavy atom. The normalized spacial score (nSPS) is 17.1. The van der Waals surface area contributed by atoms with Crippen LogP contribution in [0.1, 0.15) is 31.1 Å². The van der Waals surface area contributed by atoms with E-state index in [9.17, 15) is 9.90 Å². The first-order valence-electron chi connectivity index (χ1n) is 9.87. The summed E-state index contributed by atoms with van der Waals surface area (Å²) < 4.78 is 21.1. The number of carbonyl (C=O) groups is 1. The summed E-state index contributed by atoms with van der Waals surface area (Å²) in [6.07, 6.45) is -1.52. The third-order valence-corrected chi connectivity index (χ3v) is 4.80. The van der Waals surface area contributed by atoms with Crippen LogP contribution in [0.25, 0.3) is 0 Å². The highest BCUT2D eigenvalue weighted by molar-refractivity contribution is 6.30. The van der Waals surface area contributed by atoms with Crippen LogP contribution in [0.4, 0.5) is 4.79 Å². The van der Waals surface area contributed by atoms with Gasteiger partial charge in [-0.05, 0) is 55.7 Å². The fourth-order valence-electron chi connectivity index (χ4n) is 3.11. The van der Waals surface area contributed by atoms with E-state index in [4.69, 9.17) is 30.5 Å². The molecule has 2 aromatic carbocycles. The lowest BCUT2D eigenvalue weighted by atomic mass is 10.1. The SMILES string of the molecule is CCOC(=O)O[C@@H]1COc2cc(C[C@H](C)NCC(O)c3cccc(Cl)c3)ccc2O1. The summed E-state index contributed by atoms with van der Waals surface area (Å²) in [5.74, 6) is 1.11. The zero-order valence-corrected chi connectivity index (χ0v) is 17.7. The van der Waals surface area contributed by atoms with E-state index in [-0.39, 0.29) is 19.3 Å². The minimum atomic E-state index is -0.837. The van der Waals surface area contributed by atoms with Crippen LogP contribution in [0.5, 0.6) is 11.5 Å². The molecule has 0 radical (unpaired) electrons. The summed E-state index contributed by atoms with van der Waals surface area (Å²) in [5.41, 5.74) is 1.83. The van der Waals surface area contributed by atoms with Crippen molar-refractivity contribution in [2.24, 2.45) is 0 Å². The molecule has 7 nitrogen and oxygen atoms in total. The Hall–Kier alpha value is -2.48. The van der Waals surface area contributed by atoms with Crippen molar-refractivity contribution >= 4 is 17.8 Å². The van der Waals surface area contributed by atoms with E-state index in [2.05, 4.69) is 5.32 Å². The number of rotatable bonds is 8. The van der Waals surface area contributed by atoms with Gasteiger partial charge in [0.1, 0.15) is 0 Å². The summed E-state index contributed by atoms with van der Waals surface area (Å²) in [4.78, 5) is 11.4. The number of carbonyl (C=O) groups excluding carboxylic acids is 1. The number of fused-ring (bicyclic) bond motifs is 1. The maximum atomic E-state index is 11.4. The third kappa shape index (κ3) is 6.26. The molecule has 3 atom stereocenters. The Kier molecular flexibility index (Phi) is 7.79. The third-order valence-electron chi connectivity index (χ3n) is 4.57. The molecule has 0 fully saturated rings. The van der Waals surface area contributed by atoms with Gasteiger partial charge in [0.25, 0.3) is 6.29 Å². The van der Waals surface area contributed by atoms with Gasteiger partial charge < -0.3 is 29.4 Å². The van der Waals surface area contributed by atoms with Gasteiger partial charge in [-0.25, -0.2) is 4.79 Å². The lowest BCUT2D eigenvalue weighted by Crippen LogP contribution is -2.34. The molecule has 1 aliphatic heterocycles. The number of nitrogens with one attached hydrogen (secondary N) is 1. The summed E-state index contributed by atoms with van der Waals surface area (Å²) in [7, 11) is 0. The summed E-state index contributed by atoms with van der Waals surface area (Å²) in [5, 5.41) is 14.3. The van der Waals surface area contributed by atoms with Crippen LogP contribution in [0, 0.1) is 0 Å². The van der Waals surface area contributed by atoms with Crippen LogP contribution in [0.3, 0.4) is 0 Å². The van der Waals surface area contributed by atoms with Crippen LogP contribution >= 0.6 is 11.6 Å². The molecule has 0 amide bonds. The Labute approximate surface area is 180 Å². The number of halogens is 1. The molecule has 8 heteroatoms. The van der Waals surface area contributed by atoms with Gasteiger partial charge in [0, 0.05) is 17.6 Å². The van der Waals surface area contributed by atoms with Gasteiger partial charge in [-0.1, -0.05) is 29.8 Å². The van der Waals surface area contributed by atoms with Crippen molar-refractivity contribution in [1.29, 1.82) is 0 Å². The number of hydrogen-bond donors (Lipinski definition) is 2. The summed E-state index contributed by atoms with van der Waals surface area (Å²) >= 11 is 5.98. The van der Waals surface area contributed by atoms with Gasteiger partial charge >= 0.3 is 6.16 Å². The van der Waals surface area contributed by atoms with Gasteiger partial charge in [0.2, 0.25) is 0 Å². The fraction of sp³-hybridized carbons (Fsp3) is 0.409. The van der Waals surface area contributed by atoms with Crippen molar-refractivity contribution in [2.75, 3.05) is 19.8 Å². The first-order chi connectivity index (χ1) is 14.4. The second-order valence-electron chi connectivity index (χ2n) is 7.02. The second kappa shape index (κ2) is 10.5. The van der Waals surface area contributed by atoms with Crippen molar-refractivity contribution in [2.45, 2.75) is 38.7 Å². The number of aliphatic hydroxyl groups excluding tert-OH is 1. The first-order valence-corrected chi connectivity index (χ1v) is 10.2. The molecule has 1 unspecified atom stereocenters. The Bertz CT molecular complexity index is 861. The van der Waals surface area contributed by atoms with Crippen molar-refractivity contribution in [3.63, 3.8) is 0 Å². The van der Waals surface area contributed by atoms with Crippen LogP contribution in [0.15, 0.2) is 42.5 Å². The number of hydrogen-bond acceptors (Lipinski definition) is 7. The smallest absolute Gasteiger partial charge is 0.482 e. The second-order valence-corrected chi connectivity index (χ2v) is 7.46. The van der Waals surface area contributed by atoms with Gasteiger partial charge in [-0.3, -0.25) is 0 Å². The number of aliphatic hydroxyl groups is 1. The molecule has 30 heavy (non-hydrogen) atoms. The lowest BCUT2D eigenvalue weighted by Gasteiger charge is -2.26. The highest BCUT2D eigenvalue weighted by atomic mass is 35.5. The van der Waals surface area contributed by atoms with E-state index in [1.807, 2.05) is 31.2 Å². The molecule has 3 rings (SSSR count). The Morgan fingerprint density at radius 1 is 1.30 bits per heavy atom. The van der Waals surface area contributed by atoms with Gasteiger partial charge in [-0.15, -0.1) is 0 Å². The molecular weight excluding hydrogens is 410 g/mol. The molecule has 0 saturated heterocycles. The van der Waals surface area contributed by atoms with E-state index >= 15 is 0 Å². The molecular formula is C22H26ClNO6. The predicted octanol–water partition coefficient (Wildman–Crippen LogP) is 3.86. The van der Waals surface area contributed by atoms with Crippen molar-refractivity contribution in [1.82, 2.24) is 5.32 Å². The van der Waals surface area contributed by atoms with E-state index in [0.29, 0.717) is 23.1 Å². The maximum absolute atomic E-state index is 11.4. The predicted molar refractivity (Wildman–Crippen MR) is 112 cm³/mol. The Morgan fingerprint density at radius 2 is 2.13 bits per heavy atom. The summed E-state index contributed by atoms with van der Waals surface area (Å²) in [6, 6.07) is 13.0. The molecule has 0 aliphatic carbocycles. The van der Waals surface area contributed by atoms with Crippen LogP contribution < -0.4 is 14.8 Å². The molecule has 2 aromatic rings. The minimum absolute atomic E-state index is 0.0922. The average molecular weight is 436 g/mol.